The molecule has 2 atom stereocenters. The Labute approximate surface area is 112 Å². The Kier molecular flexibility index (Phi) is 6.99. The zero-order chi connectivity index (χ0) is 13.4. The van der Waals surface area contributed by atoms with Crippen LogP contribution in [0.4, 0.5) is 0 Å². The first-order valence-electron chi connectivity index (χ1n) is 7.06. The summed E-state index contributed by atoms with van der Waals surface area (Å²) in [4.78, 5) is 2.25. The van der Waals surface area contributed by atoms with E-state index in [0.717, 1.165) is 13.0 Å². The molecule has 1 rings (SSSR count). The molecule has 102 valence electrons. The molecule has 0 aromatic heterocycles. The molecule has 2 unspecified atom stereocenters. The van der Waals surface area contributed by atoms with Crippen LogP contribution in [-0.4, -0.2) is 37.6 Å². The average Bonchev–Trinajstić information content (AvgIpc) is 2.37. The molecule has 2 nitrogen and oxygen atoms in total. The molecule has 0 amide bonds. The maximum absolute atomic E-state index is 3.74. The van der Waals surface area contributed by atoms with Crippen molar-refractivity contribution in [2.45, 2.75) is 45.2 Å². The summed E-state index contributed by atoms with van der Waals surface area (Å²) in [6.45, 7) is 5.70. The first-order valence-corrected chi connectivity index (χ1v) is 7.06. The van der Waals surface area contributed by atoms with Gasteiger partial charge in [-0.25, -0.2) is 0 Å². The van der Waals surface area contributed by atoms with E-state index in [1.54, 1.807) is 0 Å². The molecule has 1 aromatic rings. The Hall–Kier alpha value is -0.860. The Morgan fingerprint density at radius 2 is 1.83 bits per heavy atom. The predicted molar refractivity (Wildman–Crippen MR) is 80.0 cm³/mol. The number of nitrogens with zero attached hydrogens (tertiary/aromatic N) is 1. The molecule has 0 fully saturated rings. The molecular weight excluding hydrogens is 220 g/mol. The van der Waals surface area contributed by atoms with Crippen LogP contribution in [-0.2, 0) is 6.42 Å². The molecule has 0 radical (unpaired) electrons. The topological polar surface area (TPSA) is 15.3 Å². The van der Waals surface area contributed by atoms with Gasteiger partial charge in [-0.15, -0.1) is 0 Å². The largest absolute Gasteiger partial charge is 0.311 e. The molecule has 0 saturated carbocycles. The van der Waals surface area contributed by atoms with Gasteiger partial charge in [0.15, 0.2) is 0 Å². The van der Waals surface area contributed by atoms with Gasteiger partial charge in [0.1, 0.15) is 0 Å². The fourth-order valence-electron chi connectivity index (χ4n) is 2.16. The lowest BCUT2D eigenvalue weighted by Crippen LogP contribution is -2.39. The van der Waals surface area contributed by atoms with Crippen molar-refractivity contribution in [3.8, 4) is 0 Å². The number of hydrogen-bond acceptors (Lipinski definition) is 2. The molecule has 1 N–H and O–H groups in total. The smallest absolute Gasteiger partial charge is 0.0107 e. The summed E-state index contributed by atoms with van der Waals surface area (Å²) in [6, 6.07) is 11.9. The van der Waals surface area contributed by atoms with Crippen molar-refractivity contribution in [3.05, 3.63) is 35.9 Å². The van der Waals surface area contributed by atoms with Gasteiger partial charge < -0.3 is 10.2 Å². The van der Waals surface area contributed by atoms with E-state index in [0.29, 0.717) is 12.1 Å². The van der Waals surface area contributed by atoms with Crippen LogP contribution in [0.2, 0.25) is 0 Å². The molecule has 0 spiro atoms. The van der Waals surface area contributed by atoms with E-state index in [1.807, 2.05) is 0 Å². The lowest BCUT2D eigenvalue weighted by molar-refractivity contribution is 0.344. The maximum atomic E-state index is 3.74. The second-order valence-corrected chi connectivity index (χ2v) is 5.45. The molecule has 0 heterocycles. The van der Waals surface area contributed by atoms with Crippen LogP contribution in [0.5, 0.6) is 0 Å². The highest BCUT2D eigenvalue weighted by Gasteiger charge is 2.11. The van der Waals surface area contributed by atoms with Crippen molar-refractivity contribution < 1.29 is 0 Å². The highest BCUT2D eigenvalue weighted by molar-refractivity contribution is 5.15. The molecule has 2 heteroatoms. The Morgan fingerprint density at radius 3 is 2.39 bits per heavy atom. The highest BCUT2D eigenvalue weighted by atomic mass is 15.1. The van der Waals surface area contributed by atoms with Crippen LogP contribution >= 0.6 is 0 Å². The molecule has 0 aliphatic rings. The molecule has 0 saturated heterocycles. The van der Waals surface area contributed by atoms with E-state index in [1.165, 1.54) is 18.4 Å². The summed E-state index contributed by atoms with van der Waals surface area (Å²) < 4.78 is 0. The first-order chi connectivity index (χ1) is 8.61. The van der Waals surface area contributed by atoms with Crippen LogP contribution in [0.1, 0.15) is 32.3 Å². The average molecular weight is 248 g/mol. The third-order valence-corrected chi connectivity index (χ3v) is 3.35. The molecule has 0 aliphatic carbocycles. The van der Waals surface area contributed by atoms with Gasteiger partial charge in [0.2, 0.25) is 0 Å². The molecule has 0 bridgehead atoms. The van der Waals surface area contributed by atoms with Crippen LogP contribution in [0.15, 0.2) is 30.3 Å². The van der Waals surface area contributed by atoms with E-state index < -0.39 is 0 Å². The Morgan fingerprint density at radius 1 is 1.17 bits per heavy atom. The second kappa shape index (κ2) is 8.28. The number of benzene rings is 1. The molecule has 1 aromatic carbocycles. The summed E-state index contributed by atoms with van der Waals surface area (Å²) in [5, 5.41) is 3.74. The fourth-order valence-corrected chi connectivity index (χ4v) is 2.16. The van der Waals surface area contributed by atoms with Gasteiger partial charge in [-0.2, -0.15) is 0 Å². The summed E-state index contributed by atoms with van der Waals surface area (Å²) in [7, 11) is 4.27. The number of hydrogen-bond donors (Lipinski definition) is 1. The van der Waals surface area contributed by atoms with Crippen molar-refractivity contribution in [2.75, 3.05) is 20.6 Å². The van der Waals surface area contributed by atoms with Crippen molar-refractivity contribution in [3.63, 3.8) is 0 Å². The van der Waals surface area contributed by atoms with E-state index >= 15 is 0 Å². The second-order valence-electron chi connectivity index (χ2n) is 5.45. The van der Waals surface area contributed by atoms with Gasteiger partial charge in [0, 0.05) is 12.1 Å². The minimum absolute atomic E-state index is 0.584. The van der Waals surface area contributed by atoms with E-state index in [-0.39, 0.29) is 0 Å². The van der Waals surface area contributed by atoms with Gasteiger partial charge >= 0.3 is 0 Å². The van der Waals surface area contributed by atoms with Crippen LogP contribution in [0.25, 0.3) is 0 Å². The fraction of sp³-hybridized carbons (Fsp3) is 0.625. The summed E-state index contributed by atoms with van der Waals surface area (Å²) in [6.07, 6.45) is 3.52. The molecule has 18 heavy (non-hydrogen) atoms. The number of rotatable bonds is 8. The minimum Gasteiger partial charge on any atom is -0.311 e. The quantitative estimate of drug-likeness (QED) is 0.761. The zero-order valence-corrected chi connectivity index (χ0v) is 12.3. The highest BCUT2D eigenvalue weighted by Crippen LogP contribution is 2.07. The van der Waals surface area contributed by atoms with Crippen molar-refractivity contribution in [1.29, 1.82) is 0 Å². The molecule has 0 aliphatic heterocycles. The molecular formula is C16H28N2. The number of nitrogens with one attached hydrogen (secondary N) is 1. The monoisotopic (exact) mass is 248 g/mol. The first kappa shape index (κ1) is 15.2. The van der Waals surface area contributed by atoms with Gasteiger partial charge in [0.05, 0.1) is 0 Å². The van der Waals surface area contributed by atoms with Gasteiger partial charge in [0.25, 0.3) is 0 Å². The summed E-state index contributed by atoms with van der Waals surface area (Å²) >= 11 is 0. The third kappa shape index (κ3) is 6.18. The standard InChI is InChI=1S/C16H28N2/c1-5-16(13-15-9-7-6-8-10-15)17-14(2)11-12-18(3)4/h6-10,14,16-17H,5,11-13H2,1-4H3. The van der Waals surface area contributed by atoms with Crippen molar-refractivity contribution >= 4 is 0 Å². The van der Waals surface area contributed by atoms with E-state index in [4.69, 9.17) is 0 Å². The van der Waals surface area contributed by atoms with Crippen molar-refractivity contribution in [2.24, 2.45) is 0 Å². The van der Waals surface area contributed by atoms with Crippen LogP contribution < -0.4 is 5.32 Å². The normalized spacial score (nSPS) is 14.7. The van der Waals surface area contributed by atoms with Crippen molar-refractivity contribution in [1.82, 2.24) is 10.2 Å². The third-order valence-electron chi connectivity index (χ3n) is 3.35. The SMILES string of the molecule is CCC(Cc1ccccc1)NC(C)CCN(C)C. The Bertz CT molecular complexity index is 308. The van der Waals surface area contributed by atoms with Crippen LogP contribution in [0.3, 0.4) is 0 Å². The van der Waals surface area contributed by atoms with Gasteiger partial charge in [-0.05, 0) is 52.4 Å². The van der Waals surface area contributed by atoms with Gasteiger partial charge in [-0.1, -0.05) is 37.3 Å². The van der Waals surface area contributed by atoms with E-state index in [9.17, 15) is 0 Å². The Balaban J connectivity index is 2.37. The lowest BCUT2D eigenvalue weighted by atomic mass is 10.0. The minimum atomic E-state index is 0.584. The van der Waals surface area contributed by atoms with E-state index in [2.05, 4.69) is 68.5 Å². The summed E-state index contributed by atoms with van der Waals surface area (Å²) in [5.74, 6) is 0. The summed E-state index contributed by atoms with van der Waals surface area (Å²) in [5.41, 5.74) is 1.43. The maximum Gasteiger partial charge on any atom is 0.0107 e. The zero-order valence-electron chi connectivity index (χ0n) is 12.3. The van der Waals surface area contributed by atoms with Crippen LogP contribution in [0, 0.1) is 0 Å². The lowest BCUT2D eigenvalue weighted by Gasteiger charge is -2.23. The predicted octanol–water partition coefficient (Wildman–Crippen LogP) is 2.94. The van der Waals surface area contributed by atoms with Gasteiger partial charge in [-0.3, -0.25) is 0 Å².